The summed E-state index contributed by atoms with van der Waals surface area (Å²) in [7, 11) is 0. The molecule has 4 nitrogen and oxygen atoms in total. The van der Waals surface area contributed by atoms with Crippen LogP contribution in [0.1, 0.15) is 0 Å². The number of fused-ring (bicyclic) bond motifs is 6. The van der Waals surface area contributed by atoms with Crippen molar-refractivity contribution in [2.75, 3.05) is 0 Å². The minimum atomic E-state index is 0.143. The number of hydrogen-bond donors (Lipinski definition) is 0. The van der Waals surface area contributed by atoms with Crippen LogP contribution in [0, 0.1) is 0 Å². The van der Waals surface area contributed by atoms with Crippen LogP contribution >= 0.6 is 11.6 Å². The Morgan fingerprint density at radius 3 is 2.21 bits per heavy atom. The fourth-order valence-electron chi connectivity index (χ4n) is 4.54. The molecule has 0 aliphatic rings. The molecular weight excluding hydrogens is 432 g/mol. The van der Waals surface area contributed by atoms with Gasteiger partial charge in [0.15, 0.2) is 0 Å². The van der Waals surface area contributed by atoms with Gasteiger partial charge in [-0.25, -0.2) is 4.98 Å². The van der Waals surface area contributed by atoms with E-state index in [9.17, 15) is 0 Å². The Labute approximate surface area is 193 Å². The zero-order chi connectivity index (χ0) is 21.9. The predicted octanol–water partition coefficient (Wildman–Crippen LogP) is 8.26. The third-order valence-corrected chi connectivity index (χ3v) is 6.23. The average molecular weight is 447 g/mol. The number of nitrogens with zero attached hydrogens (tertiary/aromatic N) is 2. The maximum absolute atomic E-state index is 6.31. The lowest BCUT2D eigenvalue weighted by Crippen LogP contribution is -1.89. The quantitative estimate of drug-likeness (QED) is 0.251. The molecule has 0 spiro atoms. The van der Waals surface area contributed by atoms with Crippen molar-refractivity contribution in [1.82, 2.24) is 9.97 Å². The summed E-state index contributed by atoms with van der Waals surface area (Å²) in [5, 5.41) is 4.08. The normalized spacial score (nSPS) is 11.8. The van der Waals surface area contributed by atoms with Gasteiger partial charge in [0.25, 0.3) is 0 Å². The van der Waals surface area contributed by atoms with Crippen molar-refractivity contribution in [3.8, 4) is 22.4 Å². The number of para-hydroxylation sites is 1. The van der Waals surface area contributed by atoms with Crippen molar-refractivity contribution in [1.29, 1.82) is 0 Å². The van der Waals surface area contributed by atoms with Crippen LogP contribution in [0.5, 0.6) is 0 Å². The summed E-state index contributed by atoms with van der Waals surface area (Å²) in [5.74, 6) is 0. The van der Waals surface area contributed by atoms with Crippen LogP contribution in [0.3, 0.4) is 0 Å². The summed E-state index contributed by atoms with van der Waals surface area (Å²) in [5.41, 5.74) is 6.71. The topological polar surface area (TPSA) is 52.1 Å². The Hall–Kier alpha value is -4.15. The van der Waals surface area contributed by atoms with E-state index in [1.54, 1.807) is 0 Å². The monoisotopic (exact) mass is 446 g/mol. The maximum atomic E-state index is 6.31. The highest BCUT2D eigenvalue weighted by Crippen LogP contribution is 2.39. The molecule has 3 aromatic heterocycles. The zero-order valence-corrected chi connectivity index (χ0v) is 18.0. The van der Waals surface area contributed by atoms with Crippen LogP contribution in [0.4, 0.5) is 0 Å². The van der Waals surface area contributed by atoms with Crippen LogP contribution in [-0.2, 0) is 0 Å². The molecule has 0 saturated carbocycles. The molecule has 0 saturated heterocycles. The fourth-order valence-corrected chi connectivity index (χ4v) is 4.70. The highest BCUT2D eigenvalue weighted by Gasteiger charge is 2.18. The number of furan rings is 2. The number of halogens is 1. The molecule has 0 aliphatic carbocycles. The van der Waals surface area contributed by atoms with Crippen molar-refractivity contribution in [2.45, 2.75) is 0 Å². The number of benzene rings is 4. The first-order chi connectivity index (χ1) is 16.2. The van der Waals surface area contributed by atoms with Gasteiger partial charge in [0.2, 0.25) is 11.0 Å². The number of rotatable bonds is 2. The van der Waals surface area contributed by atoms with Crippen LogP contribution in [0.25, 0.3) is 66.4 Å². The first-order valence-corrected chi connectivity index (χ1v) is 11.0. The molecule has 0 N–H and O–H groups in total. The molecule has 0 radical (unpaired) electrons. The second-order valence-corrected chi connectivity index (χ2v) is 8.35. The Balaban J connectivity index is 1.51. The van der Waals surface area contributed by atoms with Crippen molar-refractivity contribution < 1.29 is 8.83 Å². The van der Waals surface area contributed by atoms with Crippen LogP contribution in [0.15, 0.2) is 99.8 Å². The van der Waals surface area contributed by atoms with Gasteiger partial charge >= 0.3 is 0 Å². The summed E-state index contributed by atoms with van der Waals surface area (Å²) in [6.45, 7) is 0. The summed E-state index contributed by atoms with van der Waals surface area (Å²) in [6, 6.07) is 30.5. The second kappa shape index (κ2) is 6.92. The molecule has 0 atom stereocenters. The van der Waals surface area contributed by atoms with E-state index in [2.05, 4.69) is 46.4 Å². The first-order valence-electron chi connectivity index (χ1n) is 10.6. The van der Waals surface area contributed by atoms with E-state index in [-0.39, 0.29) is 5.28 Å². The van der Waals surface area contributed by atoms with E-state index in [1.165, 1.54) is 0 Å². The largest absolute Gasteiger partial charge is 0.456 e. The fraction of sp³-hybridized carbons (Fsp3) is 0. The summed E-state index contributed by atoms with van der Waals surface area (Å²) in [6.07, 6.45) is 0. The van der Waals surface area contributed by atoms with E-state index in [0.717, 1.165) is 60.7 Å². The lowest BCUT2D eigenvalue weighted by Gasteiger charge is -2.05. The molecule has 7 aromatic rings. The molecule has 0 bridgehead atoms. The zero-order valence-electron chi connectivity index (χ0n) is 17.2. The van der Waals surface area contributed by atoms with E-state index in [4.69, 9.17) is 20.4 Å². The van der Waals surface area contributed by atoms with E-state index in [0.29, 0.717) is 5.71 Å². The van der Waals surface area contributed by atoms with Crippen LogP contribution in [0.2, 0.25) is 5.28 Å². The molecule has 33 heavy (non-hydrogen) atoms. The molecule has 0 fully saturated rings. The van der Waals surface area contributed by atoms with E-state index >= 15 is 0 Å². The van der Waals surface area contributed by atoms with Gasteiger partial charge in [-0.2, -0.15) is 4.98 Å². The van der Waals surface area contributed by atoms with Crippen molar-refractivity contribution >= 4 is 55.6 Å². The molecule has 7 rings (SSSR count). The minimum Gasteiger partial charge on any atom is -0.456 e. The Morgan fingerprint density at radius 2 is 1.30 bits per heavy atom. The van der Waals surface area contributed by atoms with Crippen molar-refractivity contribution in [2.24, 2.45) is 0 Å². The standard InChI is InChI=1S/C28H15ClN2O2/c29-28-30-26(18-10-12-20-19-8-4-5-9-22(19)32-24(20)15-18)25-21-14-17(16-6-2-1-3-7-16)11-13-23(21)33-27(25)31-28/h1-15H. The summed E-state index contributed by atoms with van der Waals surface area (Å²) >= 11 is 6.31. The van der Waals surface area contributed by atoms with Crippen LogP contribution in [-0.4, -0.2) is 9.97 Å². The molecule has 156 valence electrons. The Kier molecular flexibility index (Phi) is 3.87. The summed E-state index contributed by atoms with van der Waals surface area (Å²) in [4.78, 5) is 8.97. The maximum Gasteiger partial charge on any atom is 0.232 e. The van der Waals surface area contributed by atoms with Gasteiger partial charge in [0.05, 0.1) is 11.1 Å². The third-order valence-electron chi connectivity index (χ3n) is 6.06. The third kappa shape index (κ3) is 2.85. The molecule has 0 aliphatic heterocycles. The van der Waals surface area contributed by atoms with Crippen LogP contribution < -0.4 is 0 Å². The van der Waals surface area contributed by atoms with Gasteiger partial charge in [0.1, 0.15) is 16.7 Å². The van der Waals surface area contributed by atoms with Gasteiger partial charge in [-0.05, 0) is 53.1 Å². The SMILES string of the molecule is Clc1nc(-c2ccc3c(c2)oc2ccccc23)c2c(n1)oc1ccc(-c3ccccc3)cc12. The highest BCUT2D eigenvalue weighted by atomic mass is 35.5. The highest BCUT2D eigenvalue weighted by molar-refractivity contribution is 6.29. The number of aromatic nitrogens is 2. The molecule has 0 unspecified atom stereocenters. The van der Waals surface area contributed by atoms with Crippen molar-refractivity contribution in [3.05, 3.63) is 96.3 Å². The number of hydrogen-bond acceptors (Lipinski definition) is 4. The summed E-state index contributed by atoms with van der Waals surface area (Å²) < 4.78 is 12.2. The van der Waals surface area contributed by atoms with Crippen molar-refractivity contribution in [3.63, 3.8) is 0 Å². The molecule has 0 amide bonds. The Morgan fingerprint density at radius 1 is 0.545 bits per heavy atom. The molecular formula is C28H15ClN2O2. The lowest BCUT2D eigenvalue weighted by atomic mass is 10.0. The molecule has 5 heteroatoms. The molecule has 3 heterocycles. The first kappa shape index (κ1) is 18.4. The van der Waals surface area contributed by atoms with Gasteiger partial charge in [-0.15, -0.1) is 0 Å². The van der Waals surface area contributed by atoms with Gasteiger partial charge in [0, 0.05) is 21.7 Å². The van der Waals surface area contributed by atoms with Gasteiger partial charge in [-0.3, -0.25) is 0 Å². The van der Waals surface area contributed by atoms with Gasteiger partial charge < -0.3 is 8.83 Å². The second-order valence-electron chi connectivity index (χ2n) is 8.01. The van der Waals surface area contributed by atoms with E-state index in [1.807, 2.05) is 54.6 Å². The predicted molar refractivity (Wildman–Crippen MR) is 132 cm³/mol. The van der Waals surface area contributed by atoms with E-state index < -0.39 is 0 Å². The smallest absolute Gasteiger partial charge is 0.232 e. The molecule has 4 aromatic carbocycles. The Bertz CT molecular complexity index is 1830. The average Bonchev–Trinajstić information content (AvgIpc) is 3.41. The minimum absolute atomic E-state index is 0.143. The van der Waals surface area contributed by atoms with Gasteiger partial charge in [-0.1, -0.05) is 60.7 Å². The lowest BCUT2D eigenvalue weighted by molar-refractivity contribution is 0.653.